The van der Waals surface area contributed by atoms with E-state index in [0.717, 1.165) is 5.56 Å². The number of carboxylic acid groups (broad SMARTS) is 1. The molecule has 2 amide bonds. The lowest BCUT2D eigenvalue weighted by atomic mass is 10.1. The van der Waals surface area contributed by atoms with E-state index in [2.05, 4.69) is 10.6 Å². The zero-order valence-corrected chi connectivity index (χ0v) is 12.8. The van der Waals surface area contributed by atoms with Crippen molar-refractivity contribution in [1.82, 2.24) is 10.6 Å². The molecule has 0 aliphatic carbocycles. The van der Waals surface area contributed by atoms with E-state index < -0.39 is 24.0 Å². The van der Waals surface area contributed by atoms with Crippen molar-refractivity contribution in [2.24, 2.45) is 0 Å². The fourth-order valence-corrected chi connectivity index (χ4v) is 1.96. The number of hydrogen-bond acceptors (Lipinski definition) is 3. The van der Waals surface area contributed by atoms with Crippen molar-refractivity contribution in [1.29, 1.82) is 0 Å². The van der Waals surface area contributed by atoms with Gasteiger partial charge >= 0.3 is 5.97 Å². The predicted molar refractivity (Wildman–Crippen MR) is 82.2 cm³/mol. The van der Waals surface area contributed by atoms with Gasteiger partial charge in [-0.25, -0.2) is 0 Å². The minimum Gasteiger partial charge on any atom is -0.480 e. The van der Waals surface area contributed by atoms with Crippen LogP contribution in [0.15, 0.2) is 30.3 Å². The molecule has 120 valence electrons. The number of nitrogens with one attached hydrogen (secondary N) is 2. The van der Waals surface area contributed by atoms with Crippen molar-refractivity contribution in [3.63, 3.8) is 0 Å². The molecule has 1 rings (SSSR count). The first-order valence-corrected chi connectivity index (χ1v) is 7.30. The van der Waals surface area contributed by atoms with E-state index >= 15 is 0 Å². The summed E-state index contributed by atoms with van der Waals surface area (Å²) >= 11 is 0. The predicted octanol–water partition coefficient (Wildman–Crippen LogP) is 1.10. The van der Waals surface area contributed by atoms with E-state index in [-0.39, 0.29) is 12.3 Å². The normalized spacial score (nSPS) is 13.0. The van der Waals surface area contributed by atoms with Crippen LogP contribution in [0.2, 0.25) is 0 Å². The van der Waals surface area contributed by atoms with E-state index in [4.69, 9.17) is 5.11 Å². The van der Waals surface area contributed by atoms with Gasteiger partial charge in [0.1, 0.15) is 12.1 Å². The summed E-state index contributed by atoms with van der Waals surface area (Å²) in [5.41, 5.74) is 0.856. The first-order valence-electron chi connectivity index (χ1n) is 7.30. The summed E-state index contributed by atoms with van der Waals surface area (Å²) in [7, 11) is 0. The standard InChI is InChI=1S/C16H22N2O4/c1-3-7-13(15(20)17-11(2)16(21)22)18-14(19)10-12-8-5-4-6-9-12/h4-6,8-9,11,13H,3,7,10H2,1-2H3,(H,17,20)(H,18,19)(H,21,22)/t11-,13?/m1/s1. The molecule has 0 bridgehead atoms. The highest BCUT2D eigenvalue weighted by molar-refractivity contribution is 5.90. The number of rotatable bonds is 8. The van der Waals surface area contributed by atoms with Gasteiger partial charge in [-0.2, -0.15) is 0 Å². The molecule has 0 spiro atoms. The van der Waals surface area contributed by atoms with Gasteiger partial charge in [-0.3, -0.25) is 14.4 Å². The minimum absolute atomic E-state index is 0.183. The summed E-state index contributed by atoms with van der Waals surface area (Å²) in [6.45, 7) is 3.28. The fraction of sp³-hybridized carbons (Fsp3) is 0.438. The molecule has 22 heavy (non-hydrogen) atoms. The van der Waals surface area contributed by atoms with Crippen molar-refractivity contribution in [3.8, 4) is 0 Å². The summed E-state index contributed by atoms with van der Waals surface area (Å²) in [6, 6.07) is 7.51. The van der Waals surface area contributed by atoms with E-state index in [1.807, 2.05) is 37.3 Å². The van der Waals surface area contributed by atoms with Gasteiger partial charge in [0.2, 0.25) is 11.8 Å². The van der Waals surface area contributed by atoms with Gasteiger partial charge in [0.05, 0.1) is 6.42 Å². The third-order valence-corrected chi connectivity index (χ3v) is 3.17. The number of carbonyl (C=O) groups excluding carboxylic acids is 2. The highest BCUT2D eigenvalue weighted by Gasteiger charge is 2.23. The van der Waals surface area contributed by atoms with Crippen LogP contribution < -0.4 is 10.6 Å². The van der Waals surface area contributed by atoms with Gasteiger partial charge in [0.25, 0.3) is 0 Å². The first kappa shape index (κ1) is 17.7. The van der Waals surface area contributed by atoms with Crippen LogP contribution >= 0.6 is 0 Å². The van der Waals surface area contributed by atoms with Crippen LogP contribution in [0.25, 0.3) is 0 Å². The van der Waals surface area contributed by atoms with Gasteiger partial charge < -0.3 is 15.7 Å². The molecule has 6 heteroatoms. The SMILES string of the molecule is CCCC(NC(=O)Cc1ccccc1)C(=O)N[C@H](C)C(=O)O. The summed E-state index contributed by atoms with van der Waals surface area (Å²) in [5.74, 6) is -1.85. The van der Waals surface area contributed by atoms with Crippen molar-refractivity contribution in [2.75, 3.05) is 0 Å². The van der Waals surface area contributed by atoms with Crippen LogP contribution in [0.4, 0.5) is 0 Å². The van der Waals surface area contributed by atoms with Crippen molar-refractivity contribution >= 4 is 17.8 Å². The van der Waals surface area contributed by atoms with Gasteiger partial charge in [0.15, 0.2) is 0 Å². The Hall–Kier alpha value is -2.37. The molecule has 0 heterocycles. The summed E-state index contributed by atoms with van der Waals surface area (Å²) < 4.78 is 0. The second kappa shape index (κ2) is 8.81. The number of hydrogen-bond donors (Lipinski definition) is 3. The lowest BCUT2D eigenvalue weighted by Crippen LogP contribution is -2.51. The third-order valence-electron chi connectivity index (χ3n) is 3.17. The molecule has 1 aromatic rings. The van der Waals surface area contributed by atoms with Gasteiger partial charge in [-0.05, 0) is 18.9 Å². The second-order valence-corrected chi connectivity index (χ2v) is 5.14. The molecule has 0 radical (unpaired) electrons. The minimum atomic E-state index is -1.11. The molecule has 0 aliphatic rings. The highest BCUT2D eigenvalue weighted by Crippen LogP contribution is 2.02. The Bertz CT molecular complexity index is 516. The van der Waals surface area contributed by atoms with E-state index in [9.17, 15) is 14.4 Å². The molecular weight excluding hydrogens is 284 g/mol. The molecule has 2 atom stereocenters. The Balaban J connectivity index is 2.61. The Morgan fingerprint density at radius 2 is 1.77 bits per heavy atom. The number of carboxylic acids is 1. The average molecular weight is 306 g/mol. The first-order chi connectivity index (χ1) is 10.4. The topological polar surface area (TPSA) is 95.5 Å². The van der Waals surface area contributed by atoms with Crippen LogP contribution in [-0.4, -0.2) is 35.0 Å². The molecule has 0 aliphatic heterocycles. The van der Waals surface area contributed by atoms with Crippen LogP contribution in [-0.2, 0) is 20.8 Å². The molecule has 3 N–H and O–H groups in total. The van der Waals surface area contributed by atoms with Crippen LogP contribution in [0.5, 0.6) is 0 Å². The van der Waals surface area contributed by atoms with E-state index in [0.29, 0.717) is 12.8 Å². The van der Waals surface area contributed by atoms with E-state index in [1.165, 1.54) is 6.92 Å². The number of benzene rings is 1. The van der Waals surface area contributed by atoms with Crippen molar-refractivity contribution < 1.29 is 19.5 Å². The van der Waals surface area contributed by atoms with E-state index in [1.54, 1.807) is 0 Å². The lowest BCUT2D eigenvalue weighted by Gasteiger charge is -2.19. The van der Waals surface area contributed by atoms with Crippen LogP contribution in [0, 0.1) is 0 Å². The van der Waals surface area contributed by atoms with Crippen molar-refractivity contribution in [2.45, 2.75) is 45.2 Å². The van der Waals surface area contributed by atoms with Crippen LogP contribution in [0.3, 0.4) is 0 Å². The Kier molecular flexibility index (Phi) is 7.08. The summed E-state index contributed by atoms with van der Waals surface area (Å²) in [4.78, 5) is 34.8. The Morgan fingerprint density at radius 3 is 2.32 bits per heavy atom. The second-order valence-electron chi connectivity index (χ2n) is 5.14. The molecule has 0 saturated carbocycles. The Morgan fingerprint density at radius 1 is 1.14 bits per heavy atom. The van der Waals surface area contributed by atoms with Gasteiger partial charge in [0, 0.05) is 0 Å². The monoisotopic (exact) mass is 306 g/mol. The molecule has 0 saturated heterocycles. The number of carbonyl (C=O) groups is 3. The maximum absolute atomic E-state index is 12.0. The largest absolute Gasteiger partial charge is 0.480 e. The number of aliphatic carboxylic acids is 1. The lowest BCUT2D eigenvalue weighted by molar-refractivity contribution is -0.141. The highest BCUT2D eigenvalue weighted by atomic mass is 16.4. The van der Waals surface area contributed by atoms with Gasteiger partial charge in [-0.1, -0.05) is 43.7 Å². The van der Waals surface area contributed by atoms with Crippen LogP contribution in [0.1, 0.15) is 32.3 Å². The molecule has 1 unspecified atom stereocenters. The Labute approximate surface area is 129 Å². The average Bonchev–Trinajstić information content (AvgIpc) is 2.47. The number of amides is 2. The summed E-state index contributed by atoms with van der Waals surface area (Å²) in [6.07, 6.45) is 1.34. The zero-order valence-electron chi connectivity index (χ0n) is 12.8. The maximum Gasteiger partial charge on any atom is 0.325 e. The maximum atomic E-state index is 12.0. The summed E-state index contributed by atoms with van der Waals surface area (Å²) in [5, 5.41) is 13.9. The molecule has 0 fully saturated rings. The van der Waals surface area contributed by atoms with Crippen molar-refractivity contribution in [3.05, 3.63) is 35.9 Å². The fourth-order valence-electron chi connectivity index (χ4n) is 1.96. The quantitative estimate of drug-likeness (QED) is 0.670. The molecular formula is C16H22N2O4. The third kappa shape index (κ3) is 5.95. The molecule has 1 aromatic carbocycles. The smallest absolute Gasteiger partial charge is 0.325 e. The molecule has 6 nitrogen and oxygen atoms in total. The molecule has 0 aromatic heterocycles. The zero-order chi connectivity index (χ0) is 16.5. The van der Waals surface area contributed by atoms with Gasteiger partial charge in [-0.15, -0.1) is 0 Å².